The van der Waals surface area contributed by atoms with Crippen molar-refractivity contribution in [2.24, 2.45) is 7.05 Å². The van der Waals surface area contributed by atoms with Gasteiger partial charge in [-0.25, -0.2) is 0 Å². The summed E-state index contributed by atoms with van der Waals surface area (Å²) in [4.78, 5) is 12.4. The van der Waals surface area contributed by atoms with Crippen LogP contribution in [0.3, 0.4) is 0 Å². The van der Waals surface area contributed by atoms with Crippen molar-refractivity contribution >= 4 is 29.3 Å². The van der Waals surface area contributed by atoms with Crippen LogP contribution >= 0.6 is 23.4 Å². The first kappa shape index (κ1) is 20.2. The molecule has 0 saturated heterocycles. The minimum Gasteiger partial charge on any atom is -0.486 e. The molecular weight excluding hydrogens is 396 g/mol. The lowest BCUT2D eigenvalue weighted by molar-refractivity contribution is -0.120. The zero-order chi connectivity index (χ0) is 19.9. The quantitative estimate of drug-likeness (QED) is 0.565. The third kappa shape index (κ3) is 5.50. The molecule has 1 aromatic heterocycles. The van der Waals surface area contributed by atoms with Crippen molar-refractivity contribution in [3.05, 3.63) is 71.0 Å². The summed E-state index contributed by atoms with van der Waals surface area (Å²) in [5, 5.41) is 12.3. The fourth-order valence-electron chi connectivity index (χ4n) is 2.39. The minimum atomic E-state index is -0.295. The molecule has 1 atom stereocenters. The summed E-state index contributed by atoms with van der Waals surface area (Å²) in [5.74, 6) is 1.33. The molecule has 6 nitrogen and oxygen atoms in total. The molecule has 1 N–H and O–H groups in total. The highest BCUT2D eigenvalue weighted by atomic mass is 35.5. The number of benzene rings is 2. The van der Waals surface area contributed by atoms with E-state index in [0.29, 0.717) is 28.3 Å². The van der Waals surface area contributed by atoms with Gasteiger partial charge < -0.3 is 14.6 Å². The van der Waals surface area contributed by atoms with Crippen molar-refractivity contribution in [3.63, 3.8) is 0 Å². The van der Waals surface area contributed by atoms with Gasteiger partial charge in [0.1, 0.15) is 12.4 Å². The summed E-state index contributed by atoms with van der Waals surface area (Å²) in [7, 11) is 1.86. The highest BCUT2D eigenvalue weighted by molar-refractivity contribution is 8.00. The molecule has 0 aliphatic heterocycles. The zero-order valence-electron chi connectivity index (χ0n) is 15.6. The normalized spacial score (nSPS) is 11.8. The SMILES string of the molecule is C[C@@H](Sc1nnc(COc2ccc(Cl)cc2)n1C)C(=O)NCc1ccccc1. The molecule has 1 amide bonds. The lowest BCUT2D eigenvalue weighted by Gasteiger charge is -2.12. The second kappa shape index (κ2) is 9.61. The Hall–Kier alpha value is -2.51. The largest absolute Gasteiger partial charge is 0.486 e. The average Bonchev–Trinajstić information content (AvgIpc) is 3.06. The van der Waals surface area contributed by atoms with Crippen molar-refractivity contribution in [2.45, 2.75) is 30.5 Å². The van der Waals surface area contributed by atoms with Gasteiger partial charge in [0, 0.05) is 18.6 Å². The zero-order valence-corrected chi connectivity index (χ0v) is 17.2. The van der Waals surface area contributed by atoms with Crippen LogP contribution in [0.5, 0.6) is 5.75 Å². The van der Waals surface area contributed by atoms with E-state index in [1.54, 1.807) is 24.3 Å². The number of nitrogens with one attached hydrogen (secondary N) is 1. The monoisotopic (exact) mass is 416 g/mol. The van der Waals surface area contributed by atoms with Crippen LogP contribution in [-0.2, 0) is 25.0 Å². The smallest absolute Gasteiger partial charge is 0.233 e. The lowest BCUT2D eigenvalue weighted by Crippen LogP contribution is -2.30. The molecule has 0 aliphatic rings. The van der Waals surface area contributed by atoms with Crippen LogP contribution in [0.2, 0.25) is 5.02 Å². The van der Waals surface area contributed by atoms with E-state index in [-0.39, 0.29) is 17.8 Å². The second-order valence-corrected chi connectivity index (χ2v) is 7.91. The Bertz CT molecular complexity index is 916. The summed E-state index contributed by atoms with van der Waals surface area (Å²) < 4.78 is 7.55. The van der Waals surface area contributed by atoms with Crippen LogP contribution in [0.25, 0.3) is 0 Å². The van der Waals surface area contributed by atoms with Crippen LogP contribution in [0.4, 0.5) is 0 Å². The first-order chi connectivity index (χ1) is 13.5. The number of halogens is 1. The number of amides is 1. The summed E-state index contributed by atoms with van der Waals surface area (Å²) in [6.07, 6.45) is 0. The van der Waals surface area contributed by atoms with E-state index in [4.69, 9.17) is 16.3 Å². The van der Waals surface area contributed by atoms with Gasteiger partial charge >= 0.3 is 0 Å². The maximum atomic E-state index is 12.4. The summed E-state index contributed by atoms with van der Waals surface area (Å²) >= 11 is 7.23. The topological polar surface area (TPSA) is 69.0 Å². The second-order valence-electron chi connectivity index (χ2n) is 6.16. The molecule has 146 valence electrons. The molecule has 0 radical (unpaired) electrons. The molecule has 28 heavy (non-hydrogen) atoms. The van der Waals surface area contributed by atoms with Crippen LogP contribution in [0.15, 0.2) is 59.8 Å². The van der Waals surface area contributed by atoms with Gasteiger partial charge in [-0.1, -0.05) is 53.7 Å². The Labute approximate surface area is 173 Å². The number of thioether (sulfide) groups is 1. The summed E-state index contributed by atoms with van der Waals surface area (Å²) in [6.45, 7) is 2.63. The molecule has 0 unspecified atom stereocenters. The van der Waals surface area contributed by atoms with Crippen molar-refractivity contribution in [2.75, 3.05) is 0 Å². The Morgan fingerprint density at radius 3 is 2.61 bits per heavy atom. The van der Waals surface area contributed by atoms with E-state index in [9.17, 15) is 4.79 Å². The number of rotatable bonds is 8. The molecule has 0 aliphatic carbocycles. The van der Waals surface area contributed by atoms with Crippen LogP contribution < -0.4 is 10.1 Å². The van der Waals surface area contributed by atoms with E-state index in [1.165, 1.54) is 11.8 Å². The number of aromatic nitrogens is 3. The number of hydrogen-bond acceptors (Lipinski definition) is 5. The molecular formula is C20H21ClN4O2S. The minimum absolute atomic E-state index is 0.0455. The number of nitrogens with zero attached hydrogens (tertiary/aromatic N) is 3. The highest BCUT2D eigenvalue weighted by Crippen LogP contribution is 2.22. The summed E-state index contributed by atoms with van der Waals surface area (Å²) in [6, 6.07) is 16.9. The third-order valence-corrected chi connectivity index (χ3v) is 5.45. The first-order valence-corrected chi connectivity index (χ1v) is 10.0. The number of hydrogen-bond donors (Lipinski definition) is 1. The molecule has 0 bridgehead atoms. The molecule has 3 rings (SSSR count). The van der Waals surface area contributed by atoms with E-state index >= 15 is 0 Å². The van der Waals surface area contributed by atoms with E-state index in [2.05, 4.69) is 15.5 Å². The Morgan fingerprint density at radius 1 is 1.18 bits per heavy atom. The van der Waals surface area contributed by atoms with Crippen LogP contribution in [-0.4, -0.2) is 25.9 Å². The van der Waals surface area contributed by atoms with E-state index in [0.717, 1.165) is 5.56 Å². The van der Waals surface area contributed by atoms with Crippen molar-refractivity contribution in [1.82, 2.24) is 20.1 Å². The van der Waals surface area contributed by atoms with Gasteiger partial charge in [-0.15, -0.1) is 10.2 Å². The standard InChI is InChI=1S/C20H21ClN4O2S/c1-14(19(26)22-12-15-6-4-3-5-7-15)28-20-24-23-18(25(20)2)13-27-17-10-8-16(21)9-11-17/h3-11,14H,12-13H2,1-2H3,(H,22,26)/t14-/m1/s1. The van der Waals surface area contributed by atoms with Gasteiger partial charge in [-0.3, -0.25) is 4.79 Å². The van der Waals surface area contributed by atoms with E-state index < -0.39 is 0 Å². The number of ether oxygens (including phenoxy) is 1. The Morgan fingerprint density at radius 2 is 1.89 bits per heavy atom. The predicted molar refractivity (Wildman–Crippen MR) is 110 cm³/mol. The van der Waals surface area contributed by atoms with E-state index in [1.807, 2.05) is 48.9 Å². The maximum absolute atomic E-state index is 12.4. The third-order valence-electron chi connectivity index (χ3n) is 4.07. The van der Waals surface area contributed by atoms with Gasteiger partial charge in [0.05, 0.1) is 5.25 Å². The highest BCUT2D eigenvalue weighted by Gasteiger charge is 2.18. The van der Waals surface area contributed by atoms with Crippen molar-refractivity contribution in [1.29, 1.82) is 0 Å². The fourth-order valence-corrected chi connectivity index (χ4v) is 3.38. The molecule has 8 heteroatoms. The molecule has 3 aromatic rings. The van der Waals surface area contributed by atoms with Gasteiger partial charge in [-0.05, 0) is 36.8 Å². The van der Waals surface area contributed by atoms with Crippen molar-refractivity contribution in [3.8, 4) is 5.75 Å². The first-order valence-electron chi connectivity index (χ1n) is 8.78. The Kier molecular flexibility index (Phi) is 6.95. The summed E-state index contributed by atoms with van der Waals surface area (Å²) in [5.41, 5.74) is 1.06. The molecule has 0 spiro atoms. The van der Waals surface area contributed by atoms with Crippen LogP contribution in [0.1, 0.15) is 18.3 Å². The maximum Gasteiger partial charge on any atom is 0.233 e. The van der Waals surface area contributed by atoms with Gasteiger partial charge in [-0.2, -0.15) is 0 Å². The predicted octanol–water partition coefficient (Wildman–Crippen LogP) is 3.84. The number of carbonyl (C=O) groups excluding carboxylic acids is 1. The van der Waals surface area contributed by atoms with Gasteiger partial charge in [0.2, 0.25) is 5.91 Å². The Balaban J connectivity index is 1.52. The van der Waals surface area contributed by atoms with Crippen LogP contribution in [0, 0.1) is 0 Å². The number of carbonyl (C=O) groups is 1. The molecule has 0 saturated carbocycles. The molecule has 1 heterocycles. The van der Waals surface area contributed by atoms with Gasteiger partial charge in [0.15, 0.2) is 11.0 Å². The average molecular weight is 417 g/mol. The molecule has 0 fully saturated rings. The lowest BCUT2D eigenvalue weighted by atomic mass is 10.2. The van der Waals surface area contributed by atoms with Crippen molar-refractivity contribution < 1.29 is 9.53 Å². The fraction of sp³-hybridized carbons (Fsp3) is 0.250. The molecule has 2 aromatic carbocycles. The van der Waals surface area contributed by atoms with Gasteiger partial charge in [0.25, 0.3) is 0 Å².